The molecule has 2 saturated heterocycles. The molecule has 2 atom stereocenters. The number of nitrogens with zero attached hydrogens (tertiary/aromatic N) is 4. The van der Waals surface area contributed by atoms with Crippen LogP contribution in [0.15, 0.2) is 53.7 Å². The van der Waals surface area contributed by atoms with Gasteiger partial charge in [-0.25, -0.2) is 4.98 Å². The van der Waals surface area contributed by atoms with Gasteiger partial charge in [0, 0.05) is 52.0 Å². The molecule has 1 aromatic heterocycles. The molecule has 8 heteroatoms. The molecule has 2 N–H and O–H groups in total. The van der Waals surface area contributed by atoms with E-state index in [1.54, 1.807) is 6.20 Å². The number of guanidine groups is 1. The summed E-state index contributed by atoms with van der Waals surface area (Å²) in [6, 6.07) is 15.0. The number of ether oxygens (including phenoxy) is 1. The Morgan fingerprint density at radius 3 is 2.74 bits per heavy atom. The van der Waals surface area contributed by atoms with E-state index in [9.17, 15) is 0 Å². The van der Waals surface area contributed by atoms with Crippen LogP contribution in [-0.4, -0.2) is 74.9 Å². The Hall–Kier alpha value is -2.35. The smallest absolute Gasteiger partial charge is 0.191 e. The maximum absolute atomic E-state index is 6.33. The van der Waals surface area contributed by atoms with Crippen molar-refractivity contribution >= 4 is 23.4 Å². The molecule has 2 aliphatic rings. The maximum Gasteiger partial charge on any atom is 0.191 e. The molecule has 0 saturated carbocycles. The van der Waals surface area contributed by atoms with Crippen LogP contribution >= 0.6 is 11.6 Å². The molecule has 0 aliphatic carbocycles. The Balaban J connectivity index is 1.35. The van der Waals surface area contributed by atoms with E-state index in [-0.39, 0.29) is 6.04 Å². The van der Waals surface area contributed by atoms with Crippen molar-refractivity contribution < 1.29 is 4.74 Å². The second-order valence-electron chi connectivity index (χ2n) is 7.91. The van der Waals surface area contributed by atoms with Crippen molar-refractivity contribution in [2.45, 2.75) is 18.5 Å². The van der Waals surface area contributed by atoms with Crippen molar-refractivity contribution in [2.24, 2.45) is 4.99 Å². The van der Waals surface area contributed by atoms with Gasteiger partial charge < -0.3 is 20.3 Å². The molecular weight excluding hydrogens is 412 g/mol. The van der Waals surface area contributed by atoms with Gasteiger partial charge in [0.05, 0.1) is 24.3 Å². The molecule has 2 fully saturated rings. The molecule has 31 heavy (non-hydrogen) atoms. The lowest BCUT2D eigenvalue weighted by molar-refractivity contribution is 0.0170. The second kappa shape index (κ2) is 10.8. The average Bonchev–Trinajstić information content (AvgIpc) is 3.28. The van der Waals surface area contributed by atoms with Gasteiger partial charge in [0.15, 0.2) is 5.96 Å². The third-order valence-corrected chi connectivity index (χ3v) is 6.22. The monoisotopic (exact) mass is 442 g/mol. The van der Waals surface area contributed by atoms with E-state index in [0.29, 0.717) is 11.1 Å². The summed E-state index contributed by atoms with van der Waals surface area (Å²) >= 11 is 6.33. The van der Waals surface area contributed by atoms with Crippen LogP contribution in [0.3, 0.4) is 0 Å². The van der Waals surface area contributed by atoms with Crippen LogP contribution in [0.2, 0.25) is 5.02 Å². The molecule has 2 aliphatic heterocycles. The van der Waals surface area contributed by atoms with Crippen molar-refractivity contribution in [1.82, 2.24) is 20.5 Å². The highest BCUT2D eigenvalue weighted by Crippen LogP contribution is 2.26. The van der Waals surface area contributed by atoms with Gasteiger partial charge in [-0.15, -0.1) is 0 Å². The van der Waals surface area contributed by atoms with Crippen LogP contribution in [0, 0.1) is 0 Å². The third-order valence-electron chi connectivity index (χ3n) is 5.92. The normalized spacial score (nSPS) is 21.2. The van der Waals surface area contributed by atoms with Gasteiger partial charge in [-0.05, 0) is 24.1 Å². The summed E-state index contributed by atoms with van der Waals surface area (Å²) in [5.74, 6) is 1.68. The van der Waals surface area contributed by atoms with E-state index < -0.39 is 0 Å². The zero-order chi connectivity index (χ0) is 21.5. The zero-order valence-electron chi connectivity index (χ0n) is 18.0. The topological polar surface area (TPSA) is 65.0 Å². The van der Waals surface area contributed by atoms with Crippen molar-refractivity contribution in [2.75, 3.05) is 57.9 Å². The van der Waals surface area contributed by atoms with E-state index in [4.69, 9.17) is 16.3 Å². The molecule has 166 valence electrons. The minimum absolute atomic E-state index is 0.274. The first kappa shape index (κ1) is 21.9. The van der Waals surface area contributed by atoms with Gasteiger partial charge in [-0.2, -0.15) is 0 Å². The summed E-state index contributed by atoms with van der Waals surface area (Å²) in [4.78, 5) is 13.6. The van der Waals surface area contributed by atoms with Gasteiger partial charge in [0.1, 0.15) is 5.82 Å². The number of pyridine rings is 1. The van der Waals surface area contributed by atoms with Crippen LogP contribution in [0.1, 0.15) is 18.0 Å². The summed E-state index contributed by atoms with van der Waals surface area (Å²) in [7, 11) is 1.82. The van der Waals surface area contributed by atoms with Crippen LogP contribution in [0.4, 0.5) is 5.82 Å². The van der Waals surface area contributed by atoms with E-state index >= 15 is 0 Å². The molecule has 7 nitrogen and oxygen atoms in total. The lowest BCUT2D eigenvalue weighted by Crippen LogP contribution is -2.48. The zero-order valence-corrected chi connectivity index (χ0v) is 18.8. The van der Waals surface area contributed by atoms with Gasteiger partial charge in [-0.3, -0.25) is 9.89 Å². The van der Waals surface area contributed by atoms with Gasteiger partial charge >= 0.3 is 0 Å². The highest BCUT2D eigenvalue weighted by atomic mass is 35.5. The number of aliphatic imine (C=N–C) groups is 1. The molecular formula is C23H31ClN6O. The van der Waals surface area contributed by atoms with Gasteiger partial charge in [-0.1, -0.05) is 41.9 Å². The van der Waals surface area contributed by atoms with Crippen molar-refractivity contribution in [3.63, 3.8) is 0 Å². The SMILES string of the molecule is CN=C(NCC(c1ccccc1)N1CCOCC1)NC1CCN(c2ncccc2Cl)C1. The molecule has 1 aromatic carbocycles. The molecule has 2 aromatic rings. The predicted molar refractivity (Wildman–Crippen MR) is 126 cm³/mol. The Morgan fingerprint density at radius 1 is 1.19 bits per heavy atom. The number of hydrogen-bond acceptors (Lipinski definition) is 5. The predicted octanol–water partition coefficient (Wildman–Crippen LogP) is 2.55. The summed E-state index contributed by atoms with van der Waals surface area (Å²) in [5, 5.41) is 7.83. The number of nitrogens with one attached hydrogen (secondary N) is 2. The third kappa shape index (κ3) is 5.67. The quantitative estimate of drug-likeness (QED) is 0.529. The Morgan fingerprint density at radius 2 is 2.00 bits per heavy atom. The molecule has 0 spiro atoms. The maximum atomic E-state index is 6.33. The Labute approximate surface area is 189 Å². The molecule has 2 unspecified atom stereocenters. The fourth-order valence-corrected chi connectivity index (χ4v) is 4.53. The molecule has 0 bridgehead atoms. The summed E-state index contributed by atoms with van der Waals surface area (Å²) in [6.07, 6.45) is 2.80. The fraction of sp³-hybridized carbons (Fsp3) is 0.478. The van der Waals surface area contributed by atoms with Crippen molar-refractivity contribution in [1.29, 1.82) is 0 Å². The largest absolute Gasteiger partial charge is 0.379 e. The summed E-state index contributed by atoms with van der Waals surface area (Å²) in [6.45, 7) is 6.00. The summed E-state index contributed by atoms with van der Waals surface area (Å²) in [5.41, 5.74) is 1.31. The molecule has 3 heterocycles. The number of rotatable bonds is 6. The fourth-order valence-electron chi connectivity index (χ4n) is 4.28. The minimum Gasteiger partial charge on any atom is -0.379 e. The molecule has 0 amide bonds. The highest BCUT2D eigenvalue weighted by Gasteiger charge is 2.27. The first-order chi connectivity index (χ1) is 15.2. The number of halogens is 1. The first-order valence-electron chi connectivity index (χ1n) is 10.9. The van der Waals surface area contributed by atoms with Crippen LogP contribution < -0.4 is 15.5 Å². The van der Waals surface area contributed by atoms with E-state index in [1.165, 1.54) is 5.56 Å². The van der Waals surface area contributed by atoms with Crippen LogP contribution in [0.25, 0.3) is 0 Å². The minimum atomic E-state index is 0.274. The second-order valence-corrected chi connectivity index (χ2v) is 8.32. The molecule has 0 radical (unpaired) electrons. The van der Waals surface area contributed by atoms with E-state index in [2.05, 4.69) is 60.7 Å². The Bertz CT molecular complexity index is 858. The average molecular weight is 443 g/mol. The lowest BCUT2D eigenvalue weighted by Gasteiger charge is -2.35. The number of benzene rings is 1. The van der Waals surface area contributed by atoms with Crippen LogP contribution in [0.5, 0.6) is 0 Å². The standard InChI is InChI=1S/C23H31ClN6O/c1-25-23(28-19-9-11-30(17-19)22-20(24)8-5-10-26-22)27-16-21(18-6-3-2-4-7-18)29-12-14-31-15-13-29/h2-8,10,19,21H,9,11-17H2,1H3,(H2,25,27,28). The number of aromatic nitrogens is 1. The van der Waals surface area contributed by atoms with Crippen molar-refractivity contribution in [3.05, 3.63) is 59.2 Å². The number of morpholine rings is 1. The lowest BCUT2D eigenvalue weighted by atomic mass is 10.0. The number of hydrogen-bond donors (Lipinski definition) is 2. The highest BCUT2D eigenvalue weighted by molar-refractivity contribution is 6.32. The van der Waals surface area contributed by atoms with Crippen molar-refractivity contribution in [3.8, 4) is 0 Å². The first-order valence-corrected chi connectivity index (χ1v) is 11.3. The Kier molecular flexibility index (Phi) is 7.61. The van der Waals surface area contributed by atoms with Crippen LogP contribution in [-0.2, 0) is 4.74 Å². The van der Waals surface area contributed by atoms with Gasteiger partial charge in [0.2, 0.25) is 0 Å². The summed E-state index contributed by atoms with van der Waals surface area (Å²) < 4.78 is 5.56. The van der Waals surface area contributed by atoms with E-state index in [0.717, 1.165) is 64.1 Å². The number of anilines is 1. The van der Waals surface area contributed by atoms with E-state index in [1.807, 2.05) is 19.2 Å². The van der Waals surface area contributed by atoms with Gasteiger partial charge in [0.25, 0.3) is 0 Å². The molecule has 4 rings (SSSR count).